The highest BCUT2D eigenvalue weighted by Crippen LogP contribution is 2.27. The first-order valence-corrected chi connectivity index (χ1v) is 7.77. The van der Waals surface area contributed by atoms with Crippen molar-refractivity contribution in [2.24, 2.45) is 5.41 Å². The molecule has 1 saturated heterocycles. The summed E-state index contributed by atoms with van der Waals surface area (Å²) in [5, 5.41) is 3.57. The van der Waals surface area contributed by atoms with Gasteiger partial charge in [0.15, 0.2) is 0 Å². The molecule has 1 heterocycles. The molecule has 0 aliphatic carbocycles. The van der Waals surface area contributed by atoms with Gasteiger partial charge in [0.25, 0.3) is 0 Å². The molecule has 3 heteroatoms. The Bertz CT molecular complexity index is 214. The molecule has 1 aliphatic heterocycles. The number of nitrogens with one attached hydrogen (secondary N) is 1. The van der Waals surface area contributed by atoms with Crippen LogP contribution in [0.2, 0.25) is 0 Å². The van der Waals surface area contributed by atoms with Gasteiger partial charge in [0.1, 0.15) is 0 Å². The summed E-state index contributed by atoms with van der Waals surface area (Å²) < 4.78 is 0. The minimum Gasteiger partial charge on any atom is -0.316 e. The summed E-state index contributed by atoms with van der Waals surface area (Å²) in [6.45, 7) is 15.4. The van der Waals surface area contributed by atoms with Crippen molar-refractivity contribution < 1.29 is 0 Å². The highest BCUT2D eigenvalue weighted by Gasteiger charge is 2.28. The lowest BCUT2D eigenvalue weighted by molar-refractivity contribution is 0.138. The van der Waals surface area contributed by atoms with Crippen molar-refractivity contribution >= 4 is 0 Å². The maximum atomic E-state index is 3.57. The summed E-state index contributed by atoms with van der Waals surface area (Å²) in [5.41, 5.74) is 0.471. The monoisotopic (exact) mass is 255 g/mol. The third-order valence-corrected chi connectivity index (χ3v) is 4.62. The van der Waals surface area contributed by atoms with Gasteiger partial charge in [0.05, 0.1) is 0 Å². The molecule has 0 aromatic heterocycles. The molecule has 1 aliphatic rings. The Labute approximate surface area is 114 Å². The summed E-state index contributed by atoms with van der Waals surface area (Å²) in [5.74, 6) is 0. The van der Waals surface area contributed by atoms with Gasteiger partial charge in [-0.3, -0.25) is 0 Å². The number of hydrogen-bond donors (Lipinski definition) is 1. The van der Waals surface area contributed by atoms with Gasteiger partial charge >= 0.3 is 0 Å². The summed E-state index contributed by atoms with van der Waals surface area (Å²) >= 11 is 0. The van der Waals surface area contributed by atoms with Crippen LogP contribution in [0.3, 0.4) is 0 Å². The second-order valence-electron chi connectivity index (χ2n) is 5.92. The van der Waals surface area contributed by atoms with Crippen LogP contribution in [-0.2, 0) is 0 Å². The van der Waals surface area contributed by atoms with E-state index in [-0.39, 0.29) is 0 Å². The Morgan fingerprint density at radius 3 is 2.33 bits per heavy atom. The van der Waals surface area contributed by atoms with Crippen LogP contribution in [0.25, 0.3) is 0 Å². The van der Waals surface area contributed by atoms with Gasteiger partial charge in [-0.05, 0) is 51.4 Å². The molecule has 0 amide bonds. The van der Waals surface area contributed by atoms with Gasteiger partial charge in [-0.25, -0.2) is 0 Å². The molecule has 0 spiro atoms. The van der Waals surface area contributed by atoms with Crippen molar-refractivity contribution in [3.05, 3.63) is 0 Å². The van der Waals surface area contributed by atoms with Crippen molar-refractivity contribution in [3.8, 4) is 0 Å². The van der Waals surface area contributed by atoms with E-state index in [2.05, 4.69) is 42.9 Å². The normalized spacial score (nSPS) is 20.0. The second kappa shape index (κ2) is 8.13. The van der Waals surface area contributed by atoms with E-state index in [1.54, 1.807) is 0 Å². The zero-order chi connectivity index (χ0) is 13.4. The molecule has 108 valence electrons. The van der Waals surface area contributed by atoms with E-state index in [9.17, 15) is 0 Å². The number of hydrogen-bond acceptors (Lipinski definition) is 3. The van der Waals surface area contributed by atoms with Crippen molar-refractivity contribution in [2.45, 2.75) is 40.0 Å². The van der Waals surface area contributed by atoms with Gasteiger partial charge in [0.2, 0.25) is 0 Å². The smallest absolute Gasteiger partial charge is 0.0109 e. The first kappa shape index (κ1) is 15.9. The fourth-order valence-corrected chi connectivity index (χ4v) is 2.90. The third kappa shape index (κ3) is 4.87. The van der Waals surface area contributed by atoms with Crippen LogP contribution in [0.4, 0.5) is 0 Å². The fourth-order valence-electron chi connectivity index (χ4n) is 2.90. The van der Waals surface area contributed by atoms with Crippen molar-refractivity contribution in [1.82, 2.24) is 15.1 Å². The molecular formula is C15H33N3. The molecule has 0 radical (unpaired) electrons. The molecule has 0 bridgehead atoms. The lowest BCUT2D eigenvalue weighted by atomic mass is 9.81. The first-order valence-electron chi connectivity index (χ1n) is 7.77. The molecule has 0 atom stereocenters. The highest BCUT2D eigenvalue weighted by atomic mass is 15.2. The predicted octanol–water partition coefficient (Wildman–Crippen LogP) is 2.04. The highest BCUT2D eigenvalue weighted by molar-refractivity contribution is 4.84. The second-order valence-corrected chi connectivity index (χ2v) is 5.92. The third-order valence-electron chi connectivity index (χ3n) is 4.62. The van der Waals surface area contributed by atoms with Gasteiger partial charge in [-0.2, -0.15) is 0 Å². The van der Waals surface area contributed by atoms with E-state index < -0.39 is 0 Å². The van der Waals surface area contributed by atoms with Crippen LogP contribution in [-0.4, -0.2) is 62.7 Å². The van der Waals surface area contributed by atoms with E-state index in [0.29, 0.717) is 5.41 Å². The Kier molecular flexibility index (Phi) is 7.20. The summed E-state index contributed by atoms with van der Waals surface area (Å²) in [6.07, 6.45) is 3.88. The largest absolute Gasteiger partial charge is 0.316 e. The van der Waals surface area contributed by atoms with E-state index in [1.807, 2.05) is 0 Å². The standard InChI is InChI=1S/C15H33N3/c1-5-15(6-2,13-16-7-3)14-18-10-8-9-17(4)11-12-18/h16H,5-14H2,1-4H3. The summed E-state index contributed by atoms with van der Waals surface area (Å²) in [6, 6.07) is 0. The Morgan fingerprint density at radius 1 is 1.00 bits per heavy atom. The summed E-state index contributed by atoms with van der Waals surface area (Å²) in [4.78, 5) is 5.15. The van der Waals surface area contributed by atoms with Crippen LogP contribution >= 0.6 is 0 Å². The number of likely N-dealkylation sites (N-methyl/N-ethyl adjacent to an activating group) is 1. The predicted molar refractivity (Wildman–Crippen MR) is 80.1 cm³/mol. The lowest BCUT2D eigenvalue weighted by Crippen LogP contribution is -2.44. The molecule has 0 aromatic rings. The molecule has 1 N–H and O–H groups in total. The van der Waals surface area contributed by atoms with Gasteiger partial charge in [-0.1, -0.05) is 20.8 Å². The molecule has 18 heavy (non-hydrogen) atoms. The quantitative estimate of drug-likeness (QED) is 0.751. The first-order chi connectivity index (χ1) is 8.65. The molecule has 0 aromatic carbocycles. The number of rotatable bonds is 7. The Balaban J connectivity index is 2.53. The van der Waals surface area contributed by atoms with Crippen LogP contribution in [0.5, 0.6) is 0 Å². The van der Waals surface area contributed by atoms with E-state index in [4.69, 9.17) is 0 Å². The Hall–Kier alpha value is -0.120. The van der Waals surface area contributed by atoms with E-state index >= 15 is 0 Å². The SMILES string of the molecule is CCNCC(CC)(CC)CN1CCCN(C)CC1. The molecule has 1 fully saturated rings. The average molecular weight is 255 g/mol. The molecular weight excluding hydrogens is 222 g/mol. The van der Waals surface area contributed by atoms with Crippen LogP contribution in [0, 0.1) is 5.41 Å². The average Bonchev–Trinajstić information content (AvgIpc) is 2.59. The van der Waals surface area contributed by atoms with Crippen molar-refractivity contribution in [1.29, 1.82) is 0 Å². The van der Waals surface area contributed by atoms with Gasteiger partial charge in [0, 0.05) is 26.2 Å². The molecule has 0 unspecified atom stereocenters. The Morgan fingerprint density at radius 2 is 1.72 bits per heavy atom. The lowest BCUT2D eigenvalue weighted by Gasteiger charge is -2.37. The van der Waals surface area contributed by atoms with Crippen LogP contribution in [0.1, 0.15) is 40.0 Å². The van der Waals surface area contributed by atoms with Crippen LogP contribution < -0.4 is 5.32 Å². The zero-order valence-corrected chi connectivity index (χ0v) is 13.0. The topological polar surface area (TPSA) is 18.5 Å². The molecule has 0 saturated carbocycles. The minimum absolute atomic E-state index is 0.471. The number of nitrogens with zero attached hydrogens (tertiary/aromatic N) is 2. The van der Waals surface area contributed by atoms with E-state index in [0.717, 1.165) is 6.54 Å². The molecule has 3 nitrogen and oxygen atoms in total. The zero-order valence-electron chi connectivity index (χ0n) is 13.0. The fraction of sp³-hybridized carbons (Fsp3) is 1.00. The maximum absolute atomic E-state index is 3.57. The molecule has 1 rings (SSSR count). The van der Waals surface area contributed by atoms with Gasteiger partial charge in [-0.15, -0.1) is 0 Å². The van der Waals surface area contributed by atoms with Gasteiger partial charge < -0.3 is 15.1 Å². The van der Waals surface area contributed by atoms with Crippen LogP contribution in [0.15, 0.2) is 0 Å². The van der Waals surface area contributed by atoms with E-state index in [1.165, 1.54) is 58.5 Å². The van der Waals surface area contributed by atoms with Crippen molar-refractivity contribution in [3.63, 3.8) is 0 Å². The minimum atomic E-state index is 0.471. The summed E-state index contributed by atoms with van der Waals surface area (Å²) in [7, 11) is 2.25. The maximum Gasteiger partial charge on any atom is 0.0109 e. The van der Waals surface area contributed by atoms with Crippen molar-refractivity contribution in [2.75, 3.05) is 52.9 Å².